The van der Waals surface area contributed by atoms with E-state index in [1.54, 1.807) is 0 Å². The average molecular weight is 250 g/mol. The Balaban J connectivity index is 2.65. The molecule has 0 aliphatic carbocycles. The molecule has 0 saturated carbocycles. The van der Waals surface area contributed by atoms with Gasteiger partial charge in [0.25, 0.3) is 0 Å². The molecular weight excluding hydrogens is 236 g/mol. The summed E-state index contributed by atoms with van der Waals surface area (Å²) in [5.41, 5.74) is 0.0285. The quantitative estimate of drug-likeness (QED) is 0.421. The van der Waals surface area contributed by atoms with Crippen LogP contribution in [0, 0.1) is 21.4 Å². The van der Waals surface area contributed by atoms with E-state index >= 15 is 0 Å². The molecule has 0 aromatic heterocycles. The molecule has 0 saturated heterocycles. The molecule has 0 radical (unpaired) electrons. The molecule has 0 spiro atoms. The zero-order valence-electron chi connectivity index (χ0n) is 10.1. The molecule has 6 heteroatoms. The number of nitro groups is 1. The second-order valence-corrected chi connectivity index (χ2v) is 3.51. The number of nitriles is 1. The molecule has 0 aliphatic rings. The minimum absolute atomic E-state index is 0.152. The maximum atomic E-state index is 10.8. The molecule has 0 atom stereocenters. The van der Waals surface area contributed by atoms with Crippen LogP contribution >= 0.6 is 0 Å². The predicted octanol–water partition coefficient (Wildman–Crippen LogP) is 2.27. The fourth-order valence-electron chi connectivity index (χ4n) is 1.31. The minimum atomic E-state index is -0.566. The van der Waals surface area contributed by atoms with Gasteiger partial charge < -0.3 is 9.47 Å². The summed E-state index contributed by atoms with van der Waals surface area (Å²) in [6, 6.07) is 5.95. The van der Waals surface area contributed by atoms with Crippen LogP contribution in [-0.4, -0.2) is 24.7 Å². The lowest BCUT2D eigenvalue weighted by Gasteiger charge is -2.07. The first kappa shape index (κ1) is 13.9. The Labute approximate surface area is 105 Å². The van der Waals surface area contributed by atoms with Gasteiger partial charge in [-0.2, -0.15) is 5.26 Å². The lowest BCUT2D eigenvalue weighted by molar-refractivity contribution is -0.385. The van der Waals surface area contributed by atoms with Gasteiger partial charge in [0.05, 0.1) is 23.2 Å². The monoisotopic (exact) mass is 250 g/mol. The first-order valence-electron chi connectivity index (χ1n) is 5.58. The van der Waals surface area contributed by atoms with Gasteiger partial charge in [-0.1, -0.05) is 6.92 Å². The van der Waals surface area contributed by atoms with Crippen LogP contribution in [0.25, 0.3) is 0 Å². The zero-order chi connectivity index (χ0) is 13.4. The lowest BCUT2D eigenvalue weighted by atomic mass is 10.2. The maximum absolute atomic E-state index is 10.8. The van der Waals surface area contributed by atoms with Crippen LogP contribution in [0.5, 0.6) is 5.75 Å². The highest BCUT2D eigenvalue weighted by atomic mass is 16.6. The van der Waals surface area contributed by atoms with Crippen LogP contribution in [0.1, 0.15) is 18.9 Å². The maximum Gasteiger partial charge on any atom is 0.312 e. The van der Waals surface area contributed by atoms with Gasteiger partial charge in [-0.15, -0.1) is 0 Å². The van der Waals surface area contributed by atoms with Gasteiger partial charge in [-0.05, 0) is 18.6 Å². The summed E-state index contributed by atoms with van der Waals surface area (Å²) in [6.45, 7) is 3.25. The first-order valence-corrected chi connectivity index (χ1v) is 5.58. The highest BCUT2D eigenvalue weighted by Gasteiger charge is 2.15. The normalized spacial score (nSPS) is 9.78. The fourth-order valence-corrected chi connectivity index (χ4v) is 1.31. The van der Waals surface area contributed by atoms with Crippen molar-refractivity contribution in [2.45, 2.75) is 13.3 Å². The van der Waals surface area contributed by atoms with Crippen molar-refractivity contribution in [3.8, 4) is 11.8 Å². The van der Waals surface area contributed by atoms with Gasteiger partial charge in [-0.25, -0.2) is 0 Å². The van der Waals surface area contributed by atoms with Crippen LogP contribution in [0.15, 0.2) is 18.2 Å². The van der Waals surface area contributed by atoms with E-state index in [2.05, 4.69) is 0 Å². The molecule has 1 aromatic rings. The number of benzene rings is 1. The number of hydrogen-bond donors (Lipinski definition) is 0. The highest BCUT2D eigenvalue weighted by molar-refractivity contribution is 5.51. The standard InChI is InChI=1S/C12H14N2O4/c1-2-5-17-6-7-18-12-4-3-10(9-13)8-11(12)14(15)16/h3-4,8H,2,5-7H2,1H3. The number of ether oxygens (including phenoxy) is 2. The van der Waals surface area contributed by atoms with E-state index in [0.29, 0.717) is 13.2 Å². The number of nitro benzene ring substituents is 1. The van der Waals surface area contributed by atoms with Gasteiger partial charge in [0, 0.05) is 12.7 Å². The molecule has 18 heavy (non-hydrogen) atoms. The van der Waals surface area contributed by atoms with Crippen LogP contribution in [0.2, 0.25) is 0 Å². The van der Waals surface area contributed by atoms with Crippen LogP contribution in [0.4, 0.5) is 5.69 Å². The molecule has 1 aromatic carbocycles. The van der Waals surface area contributed by atoms with Gasteiger partial charge in [-0.3, -0.25) is 10.1 Å². The van der Waals surface area contributed by atoms with E-state index in [4.69, 9.17) is 14.7 Å². The Morgan fingerprint density at radius 3 is 2.78 bits per heavy atom. The van der Waals surface area contributed by atoms with Gasteiger partial charge in [0.2, 0.25) is 0 Å². The van der Waals surface area contributed by atoms with E-state index in [1.807, 2.05) is 13.0 Å². The van der Waals surface area contributed by atoms with Crippen molar-refractivity contribution in [3.63, 3.8) is 0 Å². The molecular formula is C12H14N2O4. The van der Waals surface area contributed by atoms with E-state index in [0.717, 1.165) is 6.42 Å². The molecule has 0 fully saturated rings. The molecule has 0 amide bonds. The third kappa shape index (κ3) is 4.03. The van der Waals surface area contributed by atoms with E-state index < -0.39 is 4.92 Å². The van der Waals surface area contributed by atoms with Crippen molar-refractivity contribution in [1.29, 1.82) is 5.26 Å². The number of nitrogens with zero attached hydrogens (tertiary/aromatic N) is 2. The molecule has 0 unspecified atom stereocenters. The topological polar surface area (TPSA) is 85.4 Å². The van der Waals surface area contributed by atoms with Crippen molar-refractivity contribution >= 4 is 5.69 Å². The van der Waals surface area contributed by atoms with Crippen molar-refractivity contribution in [2.24, 2.45) is 0 Å². The molecule has 0 aliphatic heterocycles. The summed E-state index contributed by atoms with van der Waals surface area (Å²) in [7, 11) is 0. The van der Waals surface area contributed by atoms with Crippen molar-refractivity contribution in [2.75, 3.05) is 19.8 Å². The Morgan fingerprint density at radius 2 is 2.17 bits per heavy atom. The largest absolute Gasteiger partial charge is 0.484 e. The summed E-state index contributed by atoms with van der Waals surface area (Å²) in [4.78, 5) is 10.2. The second kappa shape index (κ2) is 7.25. The second-order valence-electron chi connectivity index (χ2n) is 3.51. The zero-order valence-corrected chi connectivity index (χ0v) is 10.1. The average Bonchev–Trinajstić information content (AvgIpc) is 2.38. The fraction of sp³-hybridized carbons (Fsp3) is 0.417. The SMILES string of the molecule is CCCOCCOc1ccc(C#N)cc1[N+](=O)[O-]. The van der Waals surface area contributed by atoms with Crippen LogP contribution < -0.4 is 4.74 Å². The molecule has 96 valence electrons. The lowest BCUT2D eigenvalue weighted by Crippen LogP contribution is -2.08. The van der Waals surface area contributed by atoms with Gasteiger partial charge in [0.15, 0.2) is 5.75 Å². The smallest absolute Gasteiger partial charge is 0.312 e. The summed E-state index contributed by atoms with van der Waals surface area (Å²) in [5, 5.41) is 19.5. The van der Waals surface area contributed by atoms with Crippen molar-refractivity contribution in [3.05, 3.63) is 33.9 Å². The van der Waals surface area contributed by atoms with Gasteiger partial charge >= 0.3 is 5.69 Å². The molecule has 0 N–H and O–H groups in total. The first-order chi connectivity index (χ1) is 8.69. The Hall–Kier alpha value is -2.13. The van der Waals surface area contributed by atoms with Crippen LogP contribution in [-0.2, 0) is 4.74 Å². The van der Waals surface area contributed by atoms with Gasteiger partial charge in [0.1, 0.15) is 6.61 Å². The van der Waals surface area contributed by atoms with E-state index in [1.165, 1.54) is 18.2 Å². The Bertz CT molecular complexity index is 454. The number of hydrogen-bond acceptors (Lipinski definition) is 5. The van der Waals surface area contributed by atoms with Crippen molar-refractivity contribution in [1.82, 2.24) is 0 Å². The molecule has 6 nitrogen and oxygen atoms in total. The third-order valence-corrected chi connectivity index (χ3v) is 2.12. The summed E-state index contributed by atoms with van der Waals surface area (Å²) in [6.07, 6.45) is 0.914. The predicted molar refractivity (Wildman–Crippen MR) is 64.4 cm³/mol. The highest BCUT2D eigenvalue weighted by Crippen LogP contribution is 2.27. The van der Waals surface area contributed by atoms with Crippen LogP contribution in [0.3, 0.4) is 0 Å². The minimum Gasteiger partial charge on any atom is -0.484 e. The summed E-state index contributed by atoms with van der Waals surface area (Å²) < 4.78 is 10.5. The third-order valence-electron chi connectivity index (χ3n) is 2.12. The number of rotatable bonds is 7. The Morgan fingerprint density at radius 1 is 1.39 bits per heavy atom. The molecule has 0 bridgehead atoms. The molecule has 0 heterocycles. The Kier molecular flexibility index (Phi) is 5.61. The van der Waals surface area contributed by atoms with E-state index in [9.17, 15) is 10.1 Å². The summed E-state index contributed by atoms with van der Waals surface area (Å²) in [5.74, 6) is 0.152. The van der Waals surface area contributed by atoms with Crippen molar-refractivity contribution < 1.29 is 14.4 Å². The van der Waals surface area contributed by atoms with E-state index in [-0.39, 0.29) is 23.6 Å². The molecule has 1 rings (SSSR count). The summed E-state index contributed by atoms with van der Waals surface area (Å²) >= 11 is 0.